The summed E-state index contributed by atoms with van der Waals surface area (Å²) in [5, 5.41) is 3.35. The van der Waals surface area contributed by atoms with Gasteiger partial charge in [-0.3, -0.25) is 0 Å². The first-order valence-electron chi connectivity index (χ1n) is 6.65. The standard InChI is InChI=1S/C13H21N3O2S/c1-3-8-14-9-11-4-5-12(15-10-11)19(17,18)16-13(2)6-7-13/h4-5,10,14,16H,3,6-9H2,1-2H3. The Morgan fingerprint density at radius 3 is 2.63 bits per heavy atom. The fourth-order valence-electron chi connectivity index (χ4n) is 1.75. The van der Waals surface area contributed by atoms with Gasteiger partial charge in [-0.15, -0.1) is 0 Å². The maximum Gasteiger partial charge on any atom is 0.258 e. The largest absolute Gasteiger partial charge is 0.313 e. The van der Waals surface area contributed by atoms with Crippen LogP contribution in [0.15, 0.2) is 23.4 Å². The van der Waals surface area contributed by atoms with Crippen molar-refractivity contribution in [3.8, 4) is 0 Å². The van der Waals surface area contributed by atoms with E-state index in [1.807, 2.05) is 6.92 Å². The van der Waals surface area contributed by atoms with Gasteiger partial charge in [0.05, 0.1) is 0 Å². The number of nitrogens with one attached hydrogen (secondary N) is 2. The molecule has 1 aliphatic rings. The zero-order chi connectivity index (χ0) is 13.9. The fraction of sp³-hybridized carbons (Fsp3) is 0.615. The van der Waals surface area contributed by atoms with E-state index < -0.39 is 10.0 Å². The third kappa shape index (κ3) is 3.99. The summed E-state index contributed by atoms with van der Waals surface area (Å²) in [5.74, 6) is 0. The Morgan fingerprint density at radius 1 is 1.37 bits per heavy atom. The van der Waals surface area contributed by atoms with Crippen molar-refractivity contribution in [3.63, 3.8) is 0 Å². The summed E-state index contributed by atoms with van der Waals surface area (Å²) < 4.78 is 26.8. The number of rotatable bonds is 7. The highest BCUT2D eigenvalue weighted by atomic mass is 32.2. The summed E-state index contributed by atoms with van der Waals surface area (Å²) in [4.78, 5) is 4.05. The highest BCUT2D eigenvalue weighted by Gasteiger charge is 2.41. The summed E-state index contributed by atoms with van der Waals surface area (Å²) in [6, 6.07) is 3.37. The molecule has 1 fully saturated rings. The predicted octanol–water partition coefficient (Wildman–Crippen LogP) is 1.41. The van der Waals surface area contributed by atoms with Gasteiger partial charge in [-0.05, 0) is 44.4 Å². The molecular formula is C13H21N3O2S. The number of sulfonamides is 1. The molecule has 1 saturated carbocycles. The molecule has 0 unspecified atom stereocenters. The lowest BCUT2D eigenvalue weighted by atomic mass is 10.3. The van der Waals surface area contributed by atoms with Crippen molar-refractivity contribution < 1.29 is 8.42 Å². The monoisotopic (exact) mass is 283 g/mol. The summed E-state index contributed by atoms with van der Waals surface area (Å²) >= 11 is 0. The second kappa shape index (κ2) is 5.56. The van der Waals surface area contributed by atoms with Crippen molar-refractivity contribution in [2.45, 2.75) is 50.2 Å². The lowest BCUT2D eigenvalue weighted by Crippen LogP contribution is -2.34. The molecule has 19 heavy (non-hydrogen) atoms. The third-order valence-corrected chi connectivity index (χ3v) is 4.76. The van der Waals surface area contributed by atoms with Gasteiger partial charge in [0, 0.05) is 18.3 Å². The van der Waals surface area contributed by atoms with Gasteiger partial charge in [-0.1, -0.05) is 13.0 Å². The van der Waals surface area contributed by atoms with Crippen LogP contribution in [-0.2, 0) is 16.6 Å². The zero-order valence-corrected chi connectivity index (χ0v) is 12.3. The Kier molecular flexibility index (Phi) is 4.23. The SMILES string of the molecule is CCCNCc1ccc(S(=O)(=O)NC2(C)CC2)nc1. The van der Waals surface area contributed by atoms with Crippen LogP contribution < -0.4 is 10.0 Å². The fourth-order valence-corrected chi connectivity index (χ4v) is 3.15. The molecule has 0 spiro atoms. The van der Waals surface area contributed by atoms with Gasteiger partial charge in [0.15, 0.2) is 5.03 Å². The molecule has 0 saturated heterocycles. The number of hydrogen-bond donors (Lipinski definition) is 2. The van der Waals surface area contributed by atoms with Crippen LogP contribution in [0.2, 0.25) is 0 Å². The number of aromatic nitrogens is 1. The number of hydrogen-bond acceptors (Lipinski definition) is 4. The molecular weight excluding hydrogens is 262 g/mol. The van der Waals surface area contributed by atoms with Gasteiger partial charge in [0.25, 0.3) is 10.0 Å². The summed E-state index contributed by atoms with van der Waals surface area (Å²) in [6.45, 7) is 5.67. The van der Waals surface area contributed by atoms with Crippen molar-refractivity contribution in [1.82, 2.24) is 15.0 Å². The average Bonchev–Trinajstić information content (AvgIpc) is 3.07. The second-order valence-electron chi connectivity index (χ2n) is 5.35. The van der Waals surface area contributed by atoms with E-state index in [1.165, 1.54) is 0 Å². The van der Waals surface area contributed by atoms with Gasteiger partial charge in [-0.25, -0.2) is 18.1 Å². The second-order valence-corrected chi connectivity index (χ2v) is 6.98. The maximum absolute atomic E-state index is 12.1. The van der Waals surface area contributed by atoms with Gasteiger partial charge in [0.1, 0.15) is 0 Å². The average molecular weight is 283 g/mol. The van der Waals surface area contributed by atoms with Crippen molar-refractivity contribution in [2.24, 2.45) is 0 Å². The number of nitrogens with zero attached hydrogens (tertiary/aromatic N) is 1. The first-order chi connectivity index (χ1) is 8.95. The summed E-state index contributed by atoms with van der Waals surface area (Å²) in [6.07, 6.45) is 4.48. The highest BCUT2D eigenvalue weighted by Crippen LogP contribution is 2.35. The van der Waals surface area contributed by atoms with Crippen LogP contribution in [0, 0.1) is 0 Å². The molecule has 106 valence electrons. The minimum absolute atomic E-state index is 0.0971. The van der Waals surface area contributed by atoms with Crippen molar-refractivity contribution in [3.05, 3.63) is 23.9 Å². The molecule has 1 aliphatic carbocycles. The van der Waals surface area contributed by atoms with Gasteiger partial charge in [-0.2, -0.15) is 0 Å². The quantitative estimate of drug-likeness (QED) is 0.742. The van der Waals surface area contributed by atoms with E-state index in [0.29, 0.717) is 6.54 Å². The highest BCUT2D eigenvalue weighted by molar-refractivity contribution is 7.89. The van der Waals surface area contributed by atoms with Crippen LogP contribution in [-0.4, -0.2) is 25.5 Å². The normalized spacial score (nSPS) is 17.4. The predicted molar refractivity (Wildman–Crippen MR) is 74.2 cm³/mol. The van der Waals surface area contributed by atoms with E-state index in [0.717, 1.165) is 31.4 Å². The van der Waals surface area contributed by atoms with Gasteiger partial charge < -0.3 is 5.32 Å². The Hall–Kier alpha value is -0.980. The van der Waals surface area contributed by atoms with E-state index in [1.54, 1.807) is 18.3 Å². The molecule has 6 heteroatoms. The van der Waals surface area contributed by atoms with E-state index >= 15 is 0 Å². The first-order valence-corrected chi connectivity index (χ1v) is 8.13. The zero-order valence-electron chi connectivity index (χ0n) is 11.4. The molecule has 0 bridgehead atoms. The molecule has 1 heterocycles. The smallest absolute Gasteiger partial charge is 0.258 e. The lowest BCUT2D eigenvalue weighted by Gasteiger charge is -2.11. The maximum atomic E-state index is 12.1. The van der Waals surface area contributed by atoms with E-state index in [9.17, 15) is 8.42 Å². The summed E-state index contributed by atoms with van der Waals surface area (Å²) in [5.41, 5.74) is 0.729. The molecule has 0 atom stereocenters. The van der Waals surface area contributed by atoms with E-state index in [-0.39, 0.29) is 10.6 Å². The Morgan fingerprint density at radius 2 is 2.11 bits per heavy atom. The molecule has 1 aromatic heterocycles. The topological polar surface area (TPSA) is 71.1 Å². The molecule has 0 aliphatic heterocycles. The number of pyridine rings is 1. The van der Waals surface area contributed by atoms with Crippen LogP contribution in [0.4, 0.5) is 0 Å². The van der Waals surface area contributed by atoms with Crippen LogP contribution in [0.1, 0.15) is 38.7 Å². The van der Waals surface area contributed by atoms with Gasteiger partial charge >= 0.3 is 0 Å². The molecule has 2 rings (SSSR count). The lowest BCUT2D eigenvalue weighted by molar-refractivity contribution is 0.554. The minimum Gasteiger partial charge on any atom is -0.313 e. The van der Waals surface area contributed by atoms with Gasteiger partial charge in [0.2, 0.25) is 0 Å². The Bertz CT molecular complexity index is 521. The van der Waals surface area contributed by atoms with E-state index in [4.69, 9.17) is 0 Å². The molecule has 0 aromatic carbocycles. The first kappa shape index (κ1) is 14.4. The Labute approximate surface area is 114 Å². The Balaban J connectivity index is 2.01. The van der Waals surface area contributed by atoms with Crippen LogP contribution in [0.25, 0.3) is 0 Å². The van der Waals surface area contributed by atoms with Crippen molar-refractivity contribution in [2.75, 3.05) is 6.54 Å². The molecule has 2 N–H and O–H groups in total. The molecule has 0 amide bonds. The summed E-state index contributed by atoms with van der Waals surface area (Å²) in [7, 11) is -3.48. The van der Waals surface area contributed by atoms with E-state index in [2.05, 4.69) is 21.9 Å². The molecule has 5 nitrogen and oxygen atoms in total. The van der Waals surface area contributed by atoms with Crippen LogP contribution in [0.5, 0.6) is 0 Å². The van der Waals surface area contributed by atoms with Crippen LogP contribution in [0.3, 0.4) is 0 Å². The minimum atomic E-state index is -3.48. The van der Waals surface area contributed by atoms with Crippen molar-refractivity contribution >= 4 is 10.0 Å². The molecule has 1 aromatic rings. The van der Waals surface area contributed by atoms with Crippen molar-refractivity contribution in [1.29, 1.82) is 0 Å². The third-order valence-electron chi connectivity index (χ3n) is 3.21. The van der Waals surface area contributed by atoms with Crippen LogP contribution >= 0.6 is 0 Å². The molecule has 0 radical (unpaired) electrons.